The zero-order valence-corrected chi connectivity index (χ0v) is 14.5. The van der Waals surface area contributed by atoms with Gasteiger partial charge in [0.2, 0.25) is 5.91 Å². The van der Waals surface area contributed by atoms with Crippen molar-refractivity contribution in [1.29, 1.82) is 0 Å². The number of rotatable bonds is 3. The summed E-state index contributed by atoms with van der Waals surface area (Å²) in [5.41, 5.74) is 8.06. The first-order valence-electron chi connectivity index (χ1n) is 8.72. The summed E-state index contributed by atoms with van der Waals surface area (Å²) < 4.78 is 1.01. The van der Waals surface area contributed by atoms with Crippen LogP contribution in [0.2, 0.25) is 0 Å². The molecule has 3 aromatic rings. The first-order chi connectivity index (χ1) is 12.9. The number of aromatic nitrogens is 1. The fourth-order valence-electron chi connectivity index (χ4n) is 3.87. The maximum atomic E-state index is 13.0. The Labute approximate surface area is 154 Å². The molecule has 0 saturated heterocycles. The van der Waals surface area contributed by atoms with Crippen LogP contribution in [0.4, 0.5) is 5.69 Å². The Kier molecular flexibility index (Phi) is 4.03. The molecule has 0 amide bonds. The van der Waals surface area contributed by atoms with Gasteiger partial charge in [-0.3, -0.25) is 9.59 Å². The summed E-state index contributed by atoms with van der Waals surface area (Å²) in [6, 6.07) is 13.9. The molecule has 1 aliphatic rings. The van der Waals surface area contributed by atoms with Crippen LogP contribution in [-0.2, 0) is 12.8 Å². The number of anilines is 1. The van der Waals surface area contributed by atoms with Gasteiger partial charge in [0.1, 0.15) is 5.56 Å². The van der Waals surface area contributed by atoms with Gasteiger partial charge in [-0.25, -0.2) is 9.36 Å². The highest BCUT2D eigenvalue weighted by Crippen LogP contribution is 2.30. The van der Waals surface area contributed by atoms with E-state index in [1.165, 1.54) is 11.6 Å². The molecule has 27 heavy (non-hydrogen) atoms. The van der Waals surface area contributed by atoms with Gasteiger partial charge in [-0.05, 0) is 59.5 Å². The molecule has 1 unspecified atom stereocenters. The summed E-state index contributed by atoms with van der Waals surface area (Å²) in [4.78, 5) is 37.0. The highest BCUT2D eigenvalue weighted by atomic mass is 16.4. The summed E-state index contributed by atoms with van der Waals surface area (Å²) in [6.45, 7) is 0. The number of nitrogens with two attached hydrogens (primary N) is 1. The molecular weight excluding hydrogens is 344 g/mol. The minimum absolute atomic E-state index is 0.0634. The van der Waals surface area contributed by atoms with Crippen molar-refractivity contribution in [3.63, 3.8) is 0 Å². The Bertz CT molecular complexity index is 1150. The van der Waals surface area contributed by atoms with Crippen molar-refractivity contribution in [3.8, 4) is 0 Å². The van der Waals surface area contributed by atoms with Crippen molar-refractivity contribution in [2.24, 2.45) is 5.92 Å². The fourth-order valence-corrected chi connectivity index (χ4v) is 3.87. The van der Waals surface area contributed by atoms with Crippen LogP contribution in [0.25, 0.3) is 10.9 Å². The van der Waals surface area contributed by atoms with Crippen LogP contribution in [0.1, 0.15) is 32.7 Å². The average molecular weight is 362 g/mol. The summed E-state index contributed by atoms with van der Waals surface area (Å²) in [7, 11) is 0. The van der Waals surface area contributed by atoms with Crippen LogP contribution in [-0.4, -0.2) is 21.6 Å². The van der Waals surface area contributed by atoms with E-state index in [-0.39, 0.29) is 18.2 Å². The van der Waals surface area contributed by atoms with Crippen molar-refractivity contribution in [1.82, 2.24) is 4.57 Å². The maximum absolute atomic E-state index is 13.0. The number of nitrogen functional groups attached to an aromatic ring is 1. The van der Waals surface area contributed by atoms with E-state index in [0.29, 0.717) is 16.6 Å². The molecule has 4 rings (SSSR count). The number of carbonyl (C=O) groups excluding carboxylic acids is 1. The molecule has 2 aromatic carbocycles. The molecule has 1 heterocycles. The Balaban J connectivity index is 1.70. The Morgan fingerprint density at radius 1 is 1.07 bits per heavy atom. The van der Waals surface area contributed by atoms with Crippen LogP contribution < -0.4 is 11.3 Å². The average Bonchev–Trinajstić information content (AvgIpc) is 3.01. The van der Waals surface area contributed by atoms with Crippen molar-refractivity contribution < 1.29 is 14.7 Å². The molecular formula is C21H18N2O4. The predicted octanol–water partition coefficient (Wildman–Crippen LogP) is 2.73. The smallest absolute Gasteiger partial charge is 0.341 e. The van der Waals surface area contributed by atoms with Crippen LogP contribution in [0, 0.1) is 5.92 Å². The topological polar surface area (TPSA) is 102 Å². The van der Waals surface area contributed by atoms with Gasteiger partial charge in [0, 0.05) is 12.1 Å². The lowest BCUT2D eigenvalue weighted by Gasteiger charge is -2.13. The van der Waals surface area contributed by atoms with Crippen molar-refractivity contribution in [2.45, 2.75) is 19.3 Å². The third-order valence-electron chi connectivity index (χ3n) is 5.10. The first-order valence-corrected chi connectivity index (χ1v) is 8.72. The van der Waals surface area contributed by atoms with E-state index in [0.717, 1.165) is 23.0 Å². The highest BCUT2D eigenvalue weighted by molar-refractivity contribution is 5.97. The van der Waals surface area contributed by atoms with E-state index in [9.17, 15) is 19.5 Å². The standard InChI is InChI=1S/C21H18N2O4/c22-16-6-5-13-7-12(8-15(13)10-16)9-19(24)23-18-4-2-1-3-14(18)11-17(20(23)25)21(26)27/h1-6,10-12H,7-9,22H2,(H,26,27). The molecule has 1 atom stereocenters. The van der Waals surface area contributed by atoms with Gasteiger partial charge in [0.25, 0.3) is 5.56 Å². The molecule has 136 valence electrons. The molecule has 0 aliphatic heterocycles. The predicted molar refractivity (Wildman–Crippen MR) is 102 cm³/mol. The monoisotopic (exact) mass is 362 g/mol. The number of aromatic carboxylic acids is 1. The van der Waals surface area contributed by atoms with Gasteiger partial charge >= 0.3 is 5.97 Å². The number of pyridine rings is 1. The molecule has 0 radical (unpaired) electrons. The molecule has 0 fully saturated rings. The molecule has 0 spiro atoms. The lowest BCUT2D eigenvalue weighted by Crippen LogP contribution is -2.32. The van der Waals surface area contributed by atoms with Gasteiger partial charge in [-0.15, -0.1) is 0 Å². The van der Waals surface area contributed by atoms with Gasteiger partial charge in [0.05, 0.1) is 5.52 Å². The van der Waals surface area contributed by atoms with E-state index in [4.69, 9.17) is 5.73 Å². The van der Waals surface area contributed by atoms with E-state index in [1.807, 2.05) is 18.2 Å². The number of hydrogen-bond donors (Lipinski definition) is 2. The third kappa shape index (κ3) is 2.99. The molecule has 1 aliphatic carbocycles. The number of nitrogens with zero attached hydrogens (tertiary/aromatic N) is 1. The lowest BCUT2D eigenvalue weighted by atomic mass is 10.0. The molecule has 0 saturated carbocycles. The number of hydrogen-bond acceptors (Lipinski definition) is 4. The second-order valence-electron chi connectivity index (χ2n) is 6.96. The molecule has 0 bridgehead atoms. The summed E-state index contributed by atoms with van der Waals surface area (Å²) in [6.07, 6.45) is 1.63. The number of carboxylic acid groups (broad SMARTS) is 1. The number of para-hydroxylation sites is 1. The summed E-state index contributed by atoms with van der Waals surface area (Å²) in [5.74, 6) is -1.66. The number of benzene rings is 2. The zero-order chi connectivity index (χ0) is 19.1. The minimum atomic E-state index is -1.34. The lowest BCUT2D eigenvalue weighted by molar-refractivity contribution is 0.0694. The minimum Gasteiger partial charge on any atom is -0.477 e. The van der Waals surface area contributed by atoms with E-state index in [1.54, 1.807) is 24.3 Å². The highest BCUT2D eigenvalue weighted by Gasteiger charge is 2.26. The van der Waals surface area contributed by atoms with Gasteiger partial charge in [-0.2, -0.15) is 0 Å². The Hall–Kier alpha value is -3.41. The largest absolute Gasteiger partial charge is 0.477 e. The van der Waals surface area contributed by atoms with E-state index < -0.39 is 17.1 Å². The fraction of sp³-hybridized carbons (Fsp3) is 0.190. The molecule has 6 heteroatoms. The normalized spacial score (nSPS) is 15.6. The zero-order valence-electron chi connectivity index (χ0n) is 14.5. The van der Waals surface area contributed by atoms with Crippen LogP contribution in [0.3, 0.4) is 0 Å². The maximum Gasteiger partial charge on any atom is 0.341 e. The molecule has 3 N–H and O–H groups in total. The van der Waals surface area contributed by atoms with Gasteiger partial charge in [0.15, 0.2) is 0 Å². The number of carboxylic acids is 1. The summed E-state index contributed by atoms with van der Waals surface area (Å²) >= 11 is 0. The van der Waals surface area contributed by atoms with Crippen LogP contribution in [0.5, 0.6) is 0 Å². The van der Waals surface area contributed by atoms with Crippen LogP contribution >= 0.6 is 0 Å². The number of carbonyl (C=O) groups is 2. The van der Waals surface area contributed by atoms with E-state index in [2.05, 4.69) is 0 Å². The Morgan fingerprint density at radius 3 is 2.59 bits per heavy atom. The molecule has 1 aromatic heterocycles. The second kappa shape index (κ2) is 6.39. The SMILES string of the molecule is Nc1ccc2c(c1)CC(CC(=O)n1c(=O)c(C(=O)O)cc3ccccc31)C2. The van der Waals surface area contributed by atoms with Crippen molar-refractivity contribution in [3.05, 3.63) is 75.6 Å². The van der Waals surface area contributed by atoms with Crippen molar-refractivity contribution >= 4 is 28.5 Å². The second-order valence-corrected chi connectivity index (χ2v) is 6.96. The van der Waals surface area contributed by atoms with E-state index >= 15 is 0 Å². The quantitative estimate of drug-likeness (QED) is 0.698. The Morgan fingerprint density at radius 2 is 1.81 bits per heavy atom. The number of fused-ring (bicyclic) bond motifs is 2. The molecule has 6 nitrogen and oxygen atoms in total. The van der Waals surface area contributed by atoms with Crippen molar-refractivity contribution in [2.75, 3.05) is 5.73 Å². The first kappa shape index (κ1) is 17.0. The van der Waals surface area contributed by atoms with Gasteiger partial charge in [-0.1, -0.05) is 24.3 Å². The van der Waals surface area contributed by atoms with Gasteiger partial charge < -0.3 is 10.8 Å². The third-order valence-corrected chi connectivity index (χ3v) is 5.10. The van der Waals surface area contributed by atoms with Crippen LogP contribution in [0.15, 0.2) is 53.3 Å². The summed E-state index contributed by atoms with van der Waals surface area (Å²) in [5, 5.41) is 9.87.